The summed E-state index contributed by atoms with van der Waals surface area (Å²) >= 11 is 0. The van der Waals surface area contributed by atoms with Gasteiger partial charge in [-0.2, -0.15) is 0 Å². The van der Waals surface area contributed by atoms with Crippen LogP contribution in [-0.2, 0) is 6.54 Å². The van der Waals surface area contributed by atoms with Crippen molar-refractivity contribution in [2.24, 2.45) is 0 Å². The fourth-order valence-electron chi connectivity index (χ4n) is 1.72. The molecule has 1 unspecified atom stereocenters. The molecule has 3 nitrogen and oxygen atoms in total. The van der Waals surface area contributed by atoms with Crippen LogP contribution in [0.3, 0.4) is 0 Å². The maximum Gasteiger partial charge on any atom is 0.335 e. The molecule has 0 bridgehead atoms. The van der Waals surface area contributed by atoms with Crippen molar-refractivity contribution in [3.63, 3.8) is 0 Å². The van der Waals surface area contributed by atoms with E-state index in [1.165, 1.54) is 12.8 Å². The summed E-state index contributed by atoms with van der Waals surface area (Å²) in [5, 5.41) is 12.3. The van der Waals surface area contributed by atoms with Gasteiger partial charge in [0, 0.05) is 12.6 Å². The number of aromatic carboxylic acids is 1. The summed E-state index contributed by atoms with van der Waals surface area (Å²) in [6.07, 6.45) is 3.60. The first-order valence-electron chi connectivity index (χ1n) is 6.19. The highest BCUT2D eigenvalue weighted by atomic mass is 16.4. The lowest BCUT2D eigenvalue weighted by molar-refractivity contribution is 0.0697. The van der Waals surface area contributed by atoms with Crippen LogP contribution in [0.25, 0.3) is 0 Å². The molecule has 1 rings (SSSR count). The van der Waals surface area contributed by atoms with Gasteiger partial charge in [-0.1, -0.05) is 31.9 Å². The molecule has 0 aliphatic carbocycles. The molecule has 0 aliphatic heterocycles. The number of carboxylic acids is 1. The highest BCUT2D eigenvalue weighted by molar-refractivity contribution is 5.87. The number of carboxylic acid groups (broad SMARTS) is 1. The Labute approximate surface area is 103 Å². The summed E-state index contributed by atoms with van der Waals surface area (Å²) in [5.41, 5.74) is 1.37. The predicted octanol–water partition coefficient (Wildman–Crippen LogP) is 3.05. The van der Waals surface area contributed by atoms with Crippen molar-refractivity contribution < 1.29 is 9.90 Å². The maximum absolute atomic E-state index is 10.8. The first kappa shape index (κ1) is 13.7. The quantitative estimate of drug-likeness (QED) is 0.763. The van der Waals surface area contributed by atoms with Crippen molar-refractivity contribution in [3.05, 3.63) is 35.4 Å². The minimum Gasteiger partial charge on any atom is -0.478 e. The molecule has 0 heterocycles. The lowest BCUT2D eigenvalue weighted by atomic mass is 10.1. The van der Waals surface area contributed by atoms with Gasteiger partial charge in [0.2, 0.25) is 0 Å². The van der Waals surface area contributed by atoms with Crippen molar-refractivity contribution in [2.75, 3.05) is 0 Å². The first-order chi connectivity index (χ1) is 8.13. The van der Waals surface area contributed by atoms with Crippen LogP contribution < -0.4 is 5.32 Å². The zero-order valence-corrected chi connectivity index (χ0v) is 10.6. The third kappa shape index (κ3) is 5.00. The van der Waals surface area contributed by atoms with Gasteiger partial charge >= 0.3 is 5.97 Å². The van der Waals surface area contributed by atoms with E-state index in [2.05, 4.69) is 19.2 Å². The summed E-state index contributed by atoms with van der Waals surface area (Å²) in [4.78, 5) is 10.8. The van der Waals surface area contributed by atoms with E-state index in [0.29, 0.717) is 11.6 Å². The molecule has 0 saturated carbocycles. The lowest BCUT2D eigenvalue weighted by Crippen LogP contribution is -2.25. The van der Waals surface area contributed by atoms with E-state index >= 15 is 0 Å². The first-order valence-corrected chi connectivity index (χ1v) is 6.19. The smallest absolute Gasteiger partial charge is 0.335 e. The third-order valence-electron chi connectivity index (χ3n) is 2.82. The molecule has 0 aromatic heterocycles. The molecule has 17 heavy (non-hydrogen) atoms. The Balaban J connectivity index is 2.46. The molecule has 0 spiro atoms. The Morgan fingerprint density at radius 3 is 2.88 bits per heavy atom. The van der Waals surface area contributed by atoms with Gasteiger partial charge < -0.3 is 10.4 Å². The molecule has 2 N–H and O–H groups in total. The van der Waals surface area contributed by atoms with Crippen LogP contribution in [0, 0.1) is 0 Å². The Morgan fingerprint density at radius 1 is 1.47 bits per heavy atom. The maximum atomic E-state index is 10.8. The Kier molecular flexibility index (Phi) is 5.70. The summed E-state index contributed by atoms with van der Waals surface area (Å²) in [5.74, 6) is -0.870. The van der Waals surface area contributed by atoms with Crippen LogP contribution >= 0.6 is 0 Å². The fraction of sp³-hybridized carbons (Fsp3) is 0.500. The van der Waals surface area contributed by atoms with Crippen LogP contribution in [0.1, 0.15) is 49.0 Å². The minimum atomic E-state index is -0.870. The molecular weight excluding hydrogens is 214 g/mol. The summed E-state index contributed by atoms with van der Waals surface area (Å²) in [6.45, 7) is 5.08. The van der Waals surface area contributed by atoms with Gasteiger partial charge in [0.1, 0.15) is 0 Å². The van der Waals surface area contributed by atoms with Crippen molar-refractivity contribution in [1.82, 2.24) is 5.32 Å². The number of unbranched alkanes of at least 4 members (excludes halogenated alkanes) is 1. The number of carbonyl (C=O) groups is 1. The van der Waals surface area contributed by atoms with Crippen molar-refractivity contribution in [3.8, 4) is 0 Å². The SMILES string of the molecule is CCCCC(C)NCc1cccc(C(=O)O)c1. The minimum absolute atomic E-state index is 0.352. The van der Waals surface area contributed by atoms with Crippen LogP contribution in [0.2, 0.25) is 0 Å². The van der Waals surface area contributed by atoms with Gasteiger partial charge in [-0.15, -0.1) is 0 Å². The number of rotatable bonds is 7. The van der Waals surface area contributed by atoms with E-state index in [4.69, 9.17) is 5.11 Å². The molecule has 0 amide bonds. The second kappa shape index (κ2) is 7.07. The molecule has 1 aromatic carbocycles. The van der Waals surface area contributed by atoms with E-state index < -0.39 is 5.97 Å². The van der Waals surface area contributed by atoms with Crippen LogP contribution in [0.4, 0.5) is 0 Å². The monoisotopic (exact) mass is 235 g/mol. The number of benzene rings is 1. The Morgan fingerprint density at radius 2 is 2.24 bits per heavy atom. The number of hydrogen-bond acceptors (Lipinski definition) is 2. The van der Waals surface area contributed by atoms with Gasteiger partial charge in [0.05, 0.1) is 5.56 Å². The zero-order valence-electron chi connectivity index (χ0n) is 10.6. The molecule has 1 aromatic rings. The summed E-state index contributed by atoms with van der Waals surface area (Å²) in [7, 11) is 0. The predicted molar refractivity (Wildman–Crippen MR) is 69.2 cm³/mol. The highest BCUT2D eigenvalue weighted by Crippen LogP contribution is 2.06. The second-order valence-corrected chi connectivity index (χ2v) is 4.43. The standard InChI is InChI=1S/C14H21NO2/c1-3-4-6-11(2)15-10-12-7-5-8-13(9-12)14(16)17/h5,7-9,11,15H,3-4,6,10H2,1-2H3,(H,16,17). The lowest BCUT2D eigenvalue weighted by Gasteiger charge is -2.13. The zero-order chi connectivity index (χ0) is 12.7. The summed E-state index contributed by atoms with van der Waals surface area (Å²) in [6, 6.07) is 7.56. The van der Waals surface area contributed by atoms with Gasteiger partial charge in [-0.05, 0) is 31.0 Å². The summed E-state index contributed by atoms with van der Waals surface area (Å²) < 4.78 is 0. The van der Waals surface area contributed by atoms with Gasteiger partial charge in [-0.25, -0.2) is 4.79 Å². The van der Waals surface area contributed by atoms with E-state index in [1.807, 2.05) is 6.07 Å². The average molecular weight is 235 g/mol. The van der Waals surface area contributed by atoms with Gasteiger partial charge in [0.25, 0.3) is 0 Å². The Bertz CT molecular complexity index is 363. The number of hydrogen-bond donors (Lipinski definition) is 2. The molecule has 0 saturated heterocycles. The largest absolute Gasteiger partial charge is 0.478 e. The van der Waals surface area contributed by atoms with Crippen LogP contribution in [-0.4, -0.2) is 17.1 Å². The molecule has 1 atom stereocenters. The van der Waals surface area contributed by atoms with E-state index in [1.54, 1.807) is 18.2 Å². The topological polar surface area (TPSA) is 49.3 Å². The molecule has 3 heteroatoms. The van der Waals surface area contributed by atoms with E-state index in [9.17, 15) is 4.79 Å². The fourth-order valence-corrected chi connectivity index (χ4v) is 1.72. The number of nitrogens with one attached hydrogen (secondary N) is 1. The molecule has 94 valence electrons. The molecule has 0 aliphatic rings. The van der Waals surface area contributed by atoms with E-state index in [0.717, 1.165) is 18.5 Å². The van der Waals surface area contributed by atoms with Crippen LogP contribution in [0.5, 0.6) is 0 Å². The van der Waals surface area contributed by atoms with Crippen molar-refractivity contribution in [1.29, 1.82) is 0 Å². The molecule has 0 radical (unpaired) electrons. The third-order valence-corrected chi connectivity index (χ3v) is 2.82. The normalized spacial score (nSPS) is 12.4. The second-order valence-electron chi connectivity index (χ2n) is 4.43. The highest BCUT2D eigenvalue weighted by Gasteiger charge is 2.04. The van der Waals surface area contributed by atoms with Crippen molar-refractivity contribution >= 4 is 5.97 Å². The van der Waals surface area contributed by atoms with Crippen molar-refractivity contribution in [2.45, 2.75) is 45.7 Å². The Hall–Kier alpha value is -1.35. The molecule has 0 fully saturated rings. The van der Waals surface area contributed by atoms with Crippen LogP contribution in [0.15, 0.2) is 24.3 Å². The average Bonchev–Trinajstić information content (AvgIpc) is 2.34. The van der Waals surface area contributed by atoms with Gasteiger partial charge in [0.15, 0.2) is 0 Å². The van der Waals surface area contributed by atoms with E-state index in [-0.39, 0.29) is 0 Å². The molecular formula is C14H21NO2. The van der Waals surface area contributed by atoms with Gasteiger partial charge in [-0.3, -0.25) is 0 Å².